The first-order chi connectivity index (χ1) is 18.6. The van der Waals surface area contributed by atoms with Gasteiger partial charge in [0.15, 0.2) is 11.7 Å². The molecule has 3 atom stereocenters. The van der Waals surface area contributed by atoms with Crippen LogP contribution in [0.3, 0.4) is 0 Å². The molecule has 0 bridgehead atoms. The molecule has 0 radical (unpaired) electrons. The number of alkyl carbamates (subject to hydrolysis) is 1. The summed E-state index contributed by atoms with van der Waals surface area (Å²) in [5.41, 5.74) is 6.06. The van der Waals surface area contributed by atoms with Gasteiger partial charge in [-0.25, -0.2) is 9.18 Å². The Morgan fingerprint density at radius 3 is 2.49 bits per heavy atom. The van der Waals surface area contributed by atoms with Crippen molar-refractivity contribution in [2.24, 2.45) is 11.7 Å². The van der Waals surface area contributed by atoms with Crippen molar-refractivity contribution in [2.75, 3.05) is 19.8 Å². The molecule has 0 aliphatic carbocycles. The third-order valence-corrected chi connectivity index (χ3v) is 6.58. The zero-order valence-corrected chi connectivity index (χ0v) is 22.7. The molecule has 1 saturated heterocycles. The number of hydrogen-bond donors (Lipinski definition) is 5. The van der Waals surface area contributed by atoms with Crippen LogP contribution < -0.4 is 21.7 Å². The highest BCUT2D eigenvalue weighted by Gasteiger charge is 2.37. The number of nitrogens with one attached hydrogen (secondary N) is 4. The molecule has 1 aliphatic rings. The zero-order chi connectivity index (χ0) is 28.8. The van der Waals surface area contributed by atoms with Gasteiger partial charge in [0.25, 0.3) is 0 Å². The Bertz CT molecular complexity index is 977. The number of hydrogen-bond acceptors (Lipinski definition) is 6. The van der Waals surface area contributed by atoms with E-state index in [1.165, 1.54) is 4.90 Å². The lowest BCUT2D eigenvalue weighted by atomic mass is 10.0. The summed E-state index contributed by atoms with van der Waals surface area (Å²) in [7, 11) is 0. The molecule has 1 heterocycles. The van der Waals surface area contributed by atoms with Crippen molar-refractivity contribution in [3.05, 3.63) is 35.9 Å². The minimum Gasteiger partial charge on any atom is -0.445 e. The van der Waals surface area contributed by atoms with Gasteiger partial charge in [-0.05, 0) is 37.2 Å². The number of nitrogens with two attached hydrogens (primary N) is 1. The second-order valence-corrected chi connectivity index (χ2v) is 9.97. The number of halogens is 1. The summed E-state index contributed by atoms with van der Waals surface area (Å²) in [6.07, 6.45) is 2.36. The van der Waals surface area contributed by atoms with Gasteiger partial charge in [-0.15, -0.1) is 0 Å². The molecule has 39 heavy (non-hydrogen) atoms. The third-order valence-electron chi connectivity index (χ3n) is 6.58. The molecule has 0 aromatic heterocycles. The molecule has 1 aromatic carbocycles. The molecule has 1 fully saturated rings. The van der Waals surface area contributed by atoms with Crippen molar-refractivity contribution in [3.8, 4) is 0 Å². The molecule has 0 saturated carbocycles. The van der Waals surface area contributed by atoms with E-state index < -0.39 is 48.5 Å². The van der Waals surface area contributed by atoms with E-state index in [-0.39, 0.29) is 31.4 Å². The first kappa shape index (κ1) is 31.5. The monoisotopic (exact) mass is 548 g/mol. The van der Waals surface area contributed by atoms with Gasteiger partial charge in [-0.3, -0.25) is 19.8 Å². The lowest BCUT2D eigenvalue weighted by molar-refractivity contribution is -0.143. The van der Waals surface area contributed by atoms with Crippen LogP contribution in [0, 0.1) is 11.3 Å². The summed E-state index contributed by atoms with van der Waals surface area (Å²) in [5, 5.41) is 15.1. The number of Topliss-reactive ketones (excluding diaryl/α,β-unsaturated/α-hetero) is 1. The van der Waals surface area contributed by atoms with Crippen molar-refractivity contribution in [1.82, 2.24) is 20.9 Å². The fourth-order valence-electron chi connectivity index (χ4n) is 4.43. The van der Waals surface area contributed by atoms with E-state index in [0.29, 0.717) is 32.2 Å². The summed E-state index contributed by atoms with van der Waals surface area (Å²) < 4.78 is 18.5. The summed E-state index contributed by atoms with van der Waals surface area (Å²) >= 11 is 0. The molecule has 0 unspecified atom stereocenters. The van der Waals surface area contributed by atoms with Crippen molar-refractivity contribution in [1.29, 1.82) is 5.41 Å². The van der Waals surface area contributed by atoms with Crippen LogP contribution >= 0.6 is 0 Å². The van der Waals surface area contributed by atoms with E-state index in [2.05, 4.69) is 16.0 Å². The first-order valence-electron chi connectivity index (χ1n) is 13.4. The van der Waals surface area contributed by atoms with Gasteiger partial charge < -0.3 is 31.3 Å². The van der Waals surface area contributed by atoms with Crippen LogP contribution in [-0.2, 0) is 25.7 Å². The molecule has 0 spiro atoms. The van der Waals surface area contributed by atoms with E-state index >= 15 is 0 Å². The van der Waals surface area contributed by atoms with Crippen LogP contribution in [0.5, 0.6) is 0 Å². The van der Waals surface area contributed by atoms with Crippen LogP contribution in [0.2, 0.25) is 0 Å². The Morgan fingerprint density at radius 2 is 1.85 bits per heavy atom. The summed E-state index contributed by atoms with van der Waals surface area (Å²) in [4.78, 5) is 53.2. The maximum Gasteiger partial charge on any atom is 0.408 e. The Labute approximate surface area is 228 Å². The number of amides is 3. The van der Waals surface area contributed by atoms with Gasteiger partial charge in [0.1, 0.15) is 25.4 Å². The SMILES string of the molecule is CC(C)[C@H](NC(=O)OCc1ccccc1)C(=O)N1CCCCC[C@H]1C(=O)N[C@@H](CCCNC(=N)N)C(=O)CF. The second kappa shape index (κ2) is 16.3. The number of likely N-dealkylation sites (tertiary alicyclic amines) is 1. The minimum atomic E-state index is -1.23. The average Bonchev–Trinajstić information content (AvgIpc) is 3.18. The van der Waals surface area contributed by atoms with Gasteiger partial charge in [0, 0.05) is 13.1 Å². The maximum atomic E-state index is 13.7. The summed E-state index contributed by atoms with van der Waals surface area (Å²) in [6.45, 7) is 2.99. The zero-order valence-electron chi connectivity index (χ0n) is 22.7. The average molecular weight is 549 g/mol. The number of ether oxygens (including phenoxy) is 1. The number of ketones is 1. The number of nitrogens with zero attached hydrogens (tertiary/aromatic N) is 1. The van der Waals surface area contributed by atoms with E-state index in [1.807, 2.05) is 30.3 Å². The molecular formula is C27H41FN6O5. The molecule has 216 valence electrons. The Morgan fingerprint density at radius 1 is 1.13 bits per heavy atom. The number of alkyl halides is 1. The summed E-state index contributed by atoms with van der Waals surface area (Å²) in [6, 6.07) is 6.29. The summed E-state index contributed by atoms with van der Waals surface area (Å²) in [5.74, 6) is -2.23. The van der Waals surface area contributed by atoms with E-state index in [9.17, 15) is 23.6 Å². The van der Waals surface area contributed by atoms with Crippen LogP contribution in [0.15, 0.2) is 30.3 Å². The molecule has 1 aliphatic heterocycles. The maximum absolute atomic E-state index is 13.7. The van der Waals surface area contributed by atoms with Crippen LogP contribution in [-0.4, -0.2) is 72.4 Å². The Hall–Kier alpha value is -3.70. The topological polar surface area (TPSA) is 167 Å². The smallest absolute Gasteiger partial charge is 0.408 e. The predicted octanol–water partition coefficient (Wildman–Crippen LogP) is 2.00. The molecule has 6 N–H and O–H groups in total. The molecule has 1 aromatic rings. The fraction of sp³-hybridized carbons (Fsp3) is 0.593. The van der Waals surface area contributed by atoms with E-state index in [0.717, 1.165) is 12.0 Å². The Kier molecular flexibility index (Phi) is 13.2. The number of rotatable bonds is 13. The molecule has 3 amide bonds. The molecule has 11 nitrogen and oxygen atoms in total. The number of carbonyl (C=O) groups excluding carboxylic acids is 4. The Balaban J connectivity index is 2.10. The van der Waals surface area contributed by atoms with Crippen LogP contribution in [0.1, 0.15) is 57.9 Å². The van der Waals surface area contributed by atoms with Gasteiger partial charge in [0.2, 0.25) is 11.8 Å². The van der Waals surface area contributed by atoms with Crippen molar-refractivity contribution in [3.63, 3.8) is 0 Å². The van der Waals surface area contributed by atoms with Crippen LogP contribution in [0.4, 0.5) is 9.18 Å². The highest BCUT2D eigenvalue weighted by Crippen LogP contribution is 2.20. The van der Waals surface area contributed by atoms with E-state index in [1.54, 1.807) is 13.8 Å². The highest BCUT2D eigenvalue weighted by molar-refractivity contribution is 5.94. The second-order valence-electron chi connectivity index (χ2n) is 9.97. The lowest BCUT2D eigenvalue weighted by Crippen LogP contribution is -2.58. The standard InChI is InChI=1S/C27H41FN6O5/c1-18(2)23(33-27(38)39-17-19-10-5-3-6-11-19)25(37)34-15-8-4-7-13-21(34)24(36)32-20(22(35)16-28)12-9-14-31-26(29)30/h3,5-6,10-11,18,20-21,23H,4,7-9,12-17H2,1-2H3,(H,32,36)(H,33,38)(H4,29,30,31)/t20-,21-,23-/m0/s1. The molecule has 2 rings (SSSR count). The van der Waals surface area contributed by atoms with Crippen LogP contribution in [0.25, 0.3) is 0 Å². The number of carbonyl (C=O) groups is 4. The first-order valence-corrected chi connectivity index (χ1v) is 13.4. The third kappa shape index (κ3) is 10.5. The van der Waals surface area contributed by atoms with Gasteiger partial charge in [-0.2, -0.15) is 0 Å². The quantitative estimate of drug-likeness (QED) is 0.143. The highest BCUT2D eigenvalue weighted by atomic mass is 19.1. The largest absolute Gasteiger partial charge is 0.445 e. The fourth-order valence-corrected chi connectivity index (χ4v) is 4.43. The van der Waals surface area contributed by atoms with Crippen molar-refractivity contribution >= 4 is 29.7 Å². The molecular weight excluding hydrogens is 507 g/mol. The van der Waals surface area contributed by atoms with Crippen molar-refractivity contribution in [2.45, 2.75) is 77.1 Å². The van der Waals surface area contributed by atoms with Gasteiger partial charge in [0.05, 0.1) is 6.04 Å². The predicted molar refractivity (Wildman–Crippen MR) is 144 cm³/mol. The van der Waals surface area contributed by atoms with Gasteiger partial charge in [-0.1, -0.05) is 57.0 Å². The van der Waals surface area contributed by atoms with Gasteiger partial charge >= 0.3 is 6.09 Å². The van der Waals surface area contributed by atoms with E-state index in [4.69, 9.17) is 15.9 Å². The lowest BCUT2D eigenvalue weighted by Gasteiger charge is -2.34. The minimum absolute atomic E-state index is 0.0480. The van der Waals surface area contributed by atoms with Crippen molar-refractivity contribution < 1.29 is 28.3 Å². The normalized spacial score (nSPS) is 16.9. The molecule has 12 heteroatoms. The number of benzene rings is 1. The number of guanidine groups is 1.